The summed E-state index contributed by atoms with van der Waals surface area (Å²) in [5.41, 5.74) is 15.7. The molecule has 0 spiro atoms. The molecule has 2 aromatic heterocycles. The Labute approximate surface area is 181 Å². The highest BCUT2D eigenvalue weighted by molar-refractivity contribution is 6.01. The van der Waals surface area contributed by atoms with E-state index in [0.717, 1.165) is 35.5 Å². The number of hydrogen-bond donors (Lipinski definition) is 3. The number of aromatic amines is 1. The molecule has 0 aliphatic heterocycles. The lowest BCUT2D eigenvalue weighted by Gasteiger charge is -2.24. The highest BCUT2D eigenvalue weighted by Crippen LogP contribution is 2.24. The molecule has 2 heterocycles. The lowest BCUT2D eigenvalue weighted by atomic mass is 10.1. The van der Waals surface area contributed by atoms with Gasteiger partial charge in [0.25, 0.3) is 0 Å². The summed E-state index contributed by atoms with van der Waals surface area (Å²) >= 11 is 0. The molecular formula is C24H25N7. The highest BCUT2D eigenvalue weighted by Gasteiger charge is 2.12. The van der Waals surface area contributed by atoms with E-state index in [1.807, 2.05) is 31.3 Å². The van der Waals surface area contributed by atoms with Gasteiger partial charge in [0.2, 0.25) is 5.96 Å². The molecule has 0 unspecified atom stereocenters. The Balaban J connectivity index is 1.67. The molecule has 156 valence electrons. The van der Waals surface area contributed by atoms with Gasteiger partial charge in [-0.15, -0.1) is 5.10 Å². The molecular weight excluding hydrogens is 386 g/mol. The fourth-order valence-corrected chi connectivity index (χ4v) is 3.40. The fourth-order valence-electron chi connectivity index (χ4n) is 3.40. The normalized spacial score (nSPS) is 11.5. The van der Waals surface area contributed by atoms with Crippen LogP contribution in [-0.4, -0.2) is 21.6 Å². The summed E-state index contributed by atoms with van der Waals surface area (Å²) in [6.45, 7) is 3.37. The number of hydrogen-bond acceptors (Lipinski definition) is 4. The first-order valence-corrected chi connectivity index (χ1v) is 10.0. The number of anilines is 1. The van der Waals surface area contributed by atoms with Crippen LogP contribution in [0.15, 0.2) is 89.2 Å². The minimum absolute atomic E-state index is 0.0723. The molecule has 0 fully saturated rings. The number of rotatable bonds is 7. The Morgan fingerprint density at radius 3 is 2.10 bits per heavy atom. The summed E-state index contributed by atoms with van der Waals surface area (Å²) in [5, 5.41) is 8.82. The number of fused-ring (bicyclic) bond motifs is 1. The lowest BCUT2D eigenvalue weighted by molar-refractivity contribution is 0.785. The molecule has 7 heteroatoms. The number of pyridine rings is 1. The predicted octanol–water partition coefficient (Wildman–Crippen LogP) is 3.77. The van der Waals surface area contributed by atoms with Crippen molar-refractivity contribution in [3.63, 3.8) is 0 Å². The number of H-pyrrole nitrogens is 1. The first kappa shape index (κ1) is 20.2. The van der Waals surface area contributed by atoms with E-state index < -0.39 is 0 Å². The second-order valence-corrected chi connectivity index (χ2v) is 7.35. The quantitative estimate of drug-likeness (QED) is 0.244. The number of nitrogens with one attached hydrogen (secondary N) is 1. The second kappa shape index (κ2) is 9.13. The first-order valence-electron chi connectivity index (χ1n) is 10.0. The number of nitrogens with two attached hydrogens (primary N) is 2. The van der Waals surface area contributed by atoms with Crippen LogP contribution in [0.4, 0.5) is 5.82 Å². The van der Waals surface area contributed by atoms with Crippen LogP contribution in [0.2, 0.25) is 0 Å². The van der Waals surface area contributed by atoms with Gasteiger partial charge in [0.15, 0.2) is 0 Å². The monoisotopic (exact) mass is 411 g/mol. The zero-order valence-electron chi connectivity index (χ0n) is 17.4. The van der Waals surface area contributed by atoms with Gasteiger partial charge in [-0.25, -0.2) is 4.98 Å². The van der Waals surface area contributed by atoms with Crippen molar-refractivity contribution >= 4 is 28.4 Å². The third kappa shape index (κ3) is 5.08. The molecule has 0 saturated heterocycles. The van der Waals surface area contributed by atoms with E-state index >= 15 is 0 Å². The van der Waals surface area contributed by atoms with E-state index in [9.17, 15) is 0 Å². The smallest absolute Gasteiger partial charge is 0.211 e. The van der Waals surface area contributed by atoms with Crippen molar-refractivity contribution in [2.45, 2.75) is 20.0 Å². The maximum atomic E-state index is 5.37. The van der Waals surface area contributed by atoms with Crippen LogP contribution in [0.1, 0.15) is 23.7 Å². The molecule has 4 aromatic rings. The predicted molar refractivity (Wildman–Crippen MR) is 127 cm³/mol. The van der Waals surface area contributed by atoms with Gasteiger partial charge in [0.05, 0.1) is 23.1 Å². The number of aromatic nitrogens is 2. The molecule has 0 aliphatic rings. The van der Waals surface area contributed by atoms with Gasteiger partial charge in [0, 0.05) is 18.5 Å². The van der Waals surface area contributed by atoms with Gasteiger partial charge < -0.3 is 21.4 Å². The van der Waals surface area contributed by atoms with Crippen molar-refractivity contribution in [3.05, 3.63) is 95.8 Å². The molecule has 2 aromatic carbocycles. The molecule has 0 amide bonds. The Morgan fingerprint density at radius 1 is 0.903 bits per heavy atom. The molecule has 7 nitrogen and oxygen atoms in total. The van der Waals surface area contributed by atoms with Crippen LogP contribution < -0.4 is 16.4 Å². The van der Waals surface area contributed by atoms with Gasteiger partial charge in [-0.05, 0) is 30.2 Å². The van der Waals surface area contributed by atoms with Crippen molar-refractivity contribution in [2.24, 2.45) is 21.7 Å². The van der Waals surface area contributed by atoms with Crippen molar-refractivity contribution in [1.82, 2.24) is 9.97 Å². The molecule has 5 N–H and O–H groups in total. The standard InChI is InChI=1S/C24H25N7/c1-17(29-30-24(25)26)21-12-20-13-23(27-14-22(20)28-21)31(15-18-8-4-2-5-9-18)16-19-10-6-3-7-11-19/h2-14,28H,15-16H2,1H3,(H4,25,26,30). The molecule has 0 aliphatic carbocycles. The van der Waals surface area contributed by atoms with Crippen LogP contribution >= 0.6 is 0 Å². The number of guanidine groups is 1. The van der Waals surface area contributed by atoms with Gasteiger partial charge in [-0.2, -0.15) is 5.10 Å². The van der Waals surface area contributed by atoms with E-state index in [1.165, 1.54) is 11.1 Å². The summed E-state index contributed by atoms with van der Waals surface area (Å²) in [6, 6.07) is 25.0. The highest BCUT2D eigenvalue weighted by atomic mass is 15.3. The fraction of sp³-hybridized carbons (Fsp3) is 0.125. The maximum absolute atomic E-state index is 5.37. The summed E-state index contributed by atoms with van der Waals surface area (Å²) in [7, 11) is 0. The first-order chi connectivity index (χ1) is 15.1. The molecule has 0 radical (unpaired) electrons. The van der Waals surface area contributed by atoms with Crippen LogP contribution in [-0.2, 0) is 13.1 Å². The molecule has 31 heavy (non-hydrogen) atoms. The van der Waals surface area contributed by atoms with Crippen LogP contribution in [0.5, 0.6) is 0 Å². The zero-order valence-corrected chi connectivity index (χ0v) is 17.4. The molecule has 0 saturated carbocycles. The van der Waals surface area contributed by atoms with Crippen molar-refractivity contribution in [2.75, 3.05) is 4.90 Å². The van der Waals surface area contributed by atoms with E-state index in [2.05, 4.69) is 74.7 Å². The SMILES string of the molecule is CC(=NN=C(N)N)c1cc2cc(N(Cc3ccccc3)Cc3ccccc3)ncc2[nH]1. The third-order valence-electron chi connectivity index (χ3n) is 4.95. The minimum Gasteiger partial charge on any atom is -0.369 e. The van der Waals surface area contributed by atoms with Gasteiger partial charge in [0.1, 0.15) is 5.82 Å². The summed E-state index contributed by atoms with van der Waals surface area (Å²) in [4.78, 5) is 10.3. The summed E-state index contributed by atoms with van der Waals surface area (Å²) < 4.78 is 0. The van der Waals surface area contributed by atoms with Crippen LogP contribution in [0.3, 0.4) is 0 Å². The minimum atomic E-state index is -0.0723. The largest absolute Gasteiger partial charge is 0.369 e. The summed E-state index contributed by atoms with van der Waals surface area (Å²) in [5.74, 6) is 0.835. The topological polar surface area (TPSA) is 109 Å². The van der Waals surface area contributed by atoms with Crippen LogP contribution in [0, 0.1) is 0 Å². The van der Waals surface area contributed by atoms with Crippen LogP contribution in [0.25, 0.3) is 10.9 Å². The number of nitrogens with zero attached hydrogens (tertiary/aromatic N) is 4. The van der Waals surface area contributed by atoms with E-state index in [1.54, 1.807) is 0 Å². The Hall–Kier alpha value is -4.13. The second-order valence-electron chi connectivity index (χ2n) is 7.35. The van der Waals surface area contributed by atoms with Crippen molar-refractivity contribution in [1.29, 1.82) is 0 Å². The Morgan fingerprint density at radius 2 is 1.52 bits per heavy atom. The van der Waals surface area contributed by atoms with Gasteiger partial charge in [-0.3, -0.25) is 0 Å². The molecule has 0 atom stereocenters. The molecule has 4 rings (SSSR count). The lowest BCUT2D eigenvalue weighted by Crippen LogP contribution is -2.23. The van der Waals surface area contributed by atoms with E-state index in [4.69, 9.17) is 16.5 Å². The van der Waals surface area contributed by atoms with Gasteiger partial charge >= 0.3 is 0 Å². The third-order valence-corrected chi connectivity index (χ3v) is 4.95. The zero-order chi connectivity index (χ0) is 21.6. The van der Waals surface area contributed by atoms with Crippen molar-refractivity contribution in [3.8, 4) is 0 Å². The maximum Gasteiger partial charge on any atom is 0.211 e. The van der Waals surface area contributed by atoms with Crippen molar-refractivity contribution < 1.29 is 0 Å². The van der Waals surface area contributed by atoms with Gasteiger partial charge in [-0.1, -0.05) is 60.7 Å². The Kier molecular flexibility index (Phi) is 5.93. The average Bonchev–Trinajstić information content (AvgIpc) is 3.22. The number of benzene rings is 2. The Bertz CT molecular complexity index is 1170. The molecule has 0 bridgehead atoms. The average molecular weight is 412 g/mol. The summed E-state index contributed by atoms with van der Waals surface area (Å²) in [6.07, 6.45) is 1.85. The van der Waals surface area contributed by atoms with E-state index in [0.29, 0.717) is 5.71 Å². The van der Waals surface area contributed by atoms with E-state index in [-0.39, 0.29) is 5.96 Å².